The molecule has 1 N–H and O–H groups in total. The van der Waals surface area contributed by atoms with Gasteiger partial charge >= 0.3 is 5.97 Å². The van der Waals surface area contributed by atoms with Crippen LogP contribution in [0, 0.1) is 5.92 Å². The summed E-state index contributed by atoms with van der Waals surface area (Å²) in [5.74, 6) is -0.547. The van der Waals surface area contributed by atoms with Crippen molar-refractivity contribution in [1.82, 2.24) is 3.96 Å². The van der Waals surface area contributed by atoms with Gasteiger partial charge in [0.05, 0.1) is 10.1 Å². The van der Waals surface area contributed by atoms with E-state index in [1.54, 1.807) is 6.07 Å². The van der Waals surface area contributed by atoms with Gasteiger partial charge in [-0.25, -0.2) is 8.75 Å². The first-order valence-corrected chi connectivity index (χ1v) is 7.67. The summed E-state index contributed by atoms with van der Waals surface area (Å²) in [6, 6.07) is 7.34. The minimum Gasteiger partial charge on any atom is -0.479 e. The second kappa shape index (κ2) is 4.74. The third-order valence-corrected chi connectivity index (χ3v) is 5.50. The Morgan fingerprint density at radius 1 is 1.45 bits per heavy atom. The van der Waals surface area contributed by atoms with E-state index in [4.69, 9.17) is 0 Å². The number of carbonyl (C=O) groups is 1. The van der Waals surface area contributed by atoms with E-state index in [2.05, 4.69) is 6.92 Å². The molecule has 4 nitrogen and oxygen atoms in total. The standard InChI is InChI=1S/C15H17NO3S/c1-10-5-4-8-15(9-10,14(18)19)16-13(17)11-6-2-3-7-12(11)20-16/h2-3,6-7,10H,4-5,8-9H2,1H3,(H,18,19). The van der Waals surface area contributed by atoms with Crippen molar-refractivity contribution in [3.05, 3.63) is 34.6 Å². The van der Waals surface area contributed by atoms with Crippen LogP contribution in [0.2, 0.25) is 0 Å². The number of carboxylic acid groups (broad SMARTS) is 1. The average Bonchev–Trinajstić information content (AvgIpc) is 2.77. The van der Waals surface area contributed by atoms with E-state index in [-0.39, 0.29) is 5.56 Å². The van der Waals surface area contributed by atoms with Gasteiger partial charge in [0.1, 0.15) is 0 Å². The molecule has 5 heteroatoms. The van der Waals surface area contributed by atoms with E-state index in [1.807, 2.05) is 18.2 Å². The van der Waals surface area contributed by atoms with Crippen LogP contribution in [0.5, 0.6) is 0 Å². The van der Waals surface area contributed by atoms with Crippen molar-refractivity contribution in [1.29, 1.82) is 0 Å². The smallest absolute Gasteiger partial charge is 0.331 e. The van der Waals surface area contributed by atoms with Crippen molar-refractivity contribution >= 4 is 27.6 Å². The largest absolute Gasteiger partial charge is 0.479 e. The molecule has 3 rings (SSSR count). The number of fused-ring (bicyclic) bond motifs is 1. The number of hydrogen-bond acceptors (Lipinski definition) is 3. The highest BCUT2D eigenvalue weighted by molar-refractivity contribution is 7.14. The summed E-state index contributed by atoms with van der Waals surface area (Å²) >= 11 is 1.28. The fourth-order valence-electron chi connectivity index (χ4n) is 3.24. The van der Waals surface area contributed by atoms with Gasteiger partial charge in [-0.15, -0.1) is 0 Å². The molecular weight excluding hydrogens is 274 g/mol. The molecule has 2 aromatic rings. The van der Waals surface area contributed by atoms with E-state index in [0.29, 0.717) is 24.1 Å². The number of carboxylic acids is 1. The van der Waals surface area contributed by atoms with Crippen LogP contribution < -0.4 is 5.56 Å². The van der Waals surface area contributed by atoms with Crippen LogP contribution in [-0.2, 0) is 10.3 Å². The number of aliphatic carboxylic acids is 1. The topological polar surface area (TPSA) is 59.3 Å². The average molecular weight is 291 g/mol. The van der Waals surface area contributed by atoms with Gasteiger partial charge in [0.25, 0.3) is 5.56 Å². The fourth-order valence-corrected chi connectivity index (χ4v) is 4.43. The molecule has 0 amide bonds. The maximum Gasteiger partial charge on any atom is 0.331 e. The van der Waals surface area contributed by atoms with Crippen molar-refractivity contribution < 1.29 is 9.90 Å². The molecule has 0 bridgehead atoms. The van der Waals surface area contributed by atoms with Crippen LogP contribution in [0.4, 0.5) is 0 Å². The van der Waals surface area contributed by atoms with Gasteiger partial charge in [0.15, 0.2) is 5.54 Å². The Balaban J connectivity index is 2.22. The van der Waals surface area contributed by atoms with Gasteiger partial charge in [-0.2, -0.15) is 0 Å². The quantitative estimate of drug-likeness (QED) is 0.925. The Kier molecular flexibility index (Phi) is 3.17. The van der Waals surface area contributed by atoms with Gasteiger partial charge in [-0.1, -0.05) is 43.4 Å². The zero-order valence-electron chi connectivity index (χ0n) is 11.3. The minimum absolute atomic E-state index is 0.165. The van der Waals surface area contributed by atoms with Crippen molar-refractivity contribution in [2.45, 2.75) is 38.1 Å². The molecule has 0 aliphatic heterocycles. The molecule has 2 unspecified atom stereocenters. The van der Waals surface area contributed by atoms with Crippen LogP contribution in [0.15, 0.2) is 29.1 Å². The summed E-state index contributed by atoms with van der Waals surface area (Å²) in [6.45, 7) is 2.06. The van der Waals surface area contributed by atoms with Gasteiger partial charge in [0.2, 0.25) is 0 Å². The summed E-state index contributed by atoms with van der Waals surface area (Å²) in [7, 11) is 0. The molecule has 0 saturated heterocycles. The summed E-state index contributed by atoms with van der Waals surface area (Å²) in [5, 5.41) is 10.4. The maximum absolute atomic E-state index is 12.6. The van der Waals surface area contributed by atoms with E-state index >= 15 is 0 Å². The third kappa shape index (κ3) is 1.88. The predicted octanol–water partition coefficient (Wildman–Crippen LogP) is 3.05. The SMILES string of the molecule is CC1CCCC(C(=O)O)(n2sc3ccccc3c2=O)C1. The molecular formula is C15H17NO3S. The molecule has 1 aromatic carbocycles. The zero-order chi connectivity index (χ0) is 14.3. The van der Waals surface area contributed by atoms with Gasteiger partial charge in [0, 0.05) is 0 Å². The van der Waals surface area contributed by atoms with Crippen LogP contribution in [-0.4, -0.2) is 15.0 Å². The molecule has 1 aliphatic rings. The molecule has 20 heavy (non-hydrogen) atoms. The molecule has 1 heterocycles. The Morgan fingerprint density at radius 2 is 2.20 bits per heavy atom. The number of benzene rings is 1. The summed E-state index contributed by atoms with van der Waals surface area (Å²) < 4.78 is 2.37. The predicted molar refractivity (Wildman–Crippen MR) is 79.3 cm³/mol. The van der Waals surface area contributed by atoms with Crippen molar-refractivity contribution in [3.63, 3.8) is 0 Å². The molecule has 1 aliphatic carbocycles. The first-order valence-electron chi connectivity index (χ1n) is 6.89. The lowest BCUT2D eigenvalue weighted by Gasteiger charge is -2.36. The van der Waals surface area contributed by atoms with Crippen LogP contribution >= 0.6 is 11.5 Å². The van der Waals surface area contributed by atoms with Crippen LogP contribution in [0.25, 0.3) is 10.1 Å². The van der Waals surface area contributed by atoms with Crippen molar-refractivity contribution in [2.24, 2.45) is 5.92 Å². The molecule has 0 radical (unpaired) electrons. The second-order valence-corrected chi connectivity index (χ2v) is 6.71. The normalized spacial score (nSPS) is 26.8. The van der Waals surface area contributed by atoms with Gasteiger partial charge in [-0.05, 0) is 30.9 Å². The van der Waals surface area contributed by atoms with E-state index in [0.717, 1.165) is 17.5 Å². The number of aromatic nitrogens is 1. The lowest BCUT2D eigenvalue weighted by Crippen LogP contribution is -2.48. The summed E-state index contributed by atoms with van der Waals surface area (Å²) in [4.78, 5) is 24.5. The zero-order valence-corrected chi connectivity index (χ0v) is 12.2. The Labute approximate surface area is 120 Å². The van der Waals surface area contributed by atoms with Crippen molar-refractivity contribution in [2.75, 3.05) is 0 Å². The van der Waals surface area contributed by atoms with Crippen LogP contribution in [0.3, 0.4) is 0 Å². The third-order valence-electron chi connectivity index (χ3n) is 4.25. The van der Waals surface area contributed by atoms with E-state index in [9.17, 15) is 14.7 Å². The fraction of sp³-hybridized carbons (Fsp3) is 0.467. The molecule has 106 valence electrons. The molecule has 0 spiro atoms. The number of rotatable bonds is 2. The molecule has 2 atom stereocenters. The van der Waals surface area contributed by atoms with Gasteiger partial charge < -0.3 is 5.11 Å². The van der Waals surface area contributed by atoms with Crippen LogP contribution in [0.1, 0.15) is 32.6 Å². The summed E-state index contributed by atoms with van der Waals surface area (Å²) in [6.07, 6.45) is 2.97. The first-order chi connectivity index (χ1) is 9.54. The molecule has 1 saturated carbocycles. The van der Waals surface area contributed by atoms with Gasteiger partial charge in [-0.3, -0.25) is 4.79 Å². The first kappa shape index (κ1) is 13.4. The maximum atomic E-state index is 12.6. The second-order valence-electron chi connectivity index (χ2n) is 5.73. The summed E-state index contributed by atoms with van der Waals surface area (Å²) in [5.41, 5.74) is -1.22. The highest BCUT2D eigenvalue weighted by Gasteiger charge is 2.45. The Hall–Kier alpha value is -1.62. The van der Waals surface area contributed by atoms with Crippen molar-refractivity contribution in [3.8, 4) is 0 Å². The highest BCUT2D eigenvalue weighted by atomic mass is 32.1. The highest BCUT2D eigenvalue weighted by Crippen LogP contribution is 2.39. The monoisotopic (exact) mass is 291 g/mol. The minimum atomic E-state index is -1.06. The molecule has 1 fully saturated rings. The van der Waals surface area contributed by atoms with E-state index < -0.39 is 11.5 Å². The lowest BCUT2D eigenvalue weighted by atomic mass is 9.76. The number of hydrogen-bond donors (Lipinski definition) is 1. The Morgan fingerprint density at radius 3 is 2.85 bits per heavy atom. The Bertz CT molecular complexity index is 717. The number of nitrogens with zero attached hydrogens (tertiary/aromatic N) is 1. The van der Waals surface area contributed by atoms with E-state index in [1.165, 1.54) is 15.5 Å². The molecule has 1 aromatic heterocycles. The lowest BCUT2D eigenvalue weighted by molar-refractivity contribution is -0.149.